The number of aliphatic hydroxyl groups is 1. The van der Waals surface area contributed by atoms with E-state index >= 15 is 0 Å². The van der Waals surface area contributed by atoms with Gasteiger partial charge < -0.3 is 20.1 Å². The second kappa shape index (κ2) is 11.2. The van der Waals surface area contributed by atoms with Crippen molar-refractivity contribution in [2.45, 2.75) is 23.6 Å². The number of aliphatic hydroxyl groups excluding tert-OH is 1. The molecular weight excluding hydrogens is 486 g/mol. The first-order chi connectivity index (χ1) is 17.9. The Balaban J connectivity index is 1.92. The van der Waals surface area contributed by atoms with Gasteiger partial charge >= 0.3 is 5.97 Å². The molecule has 0 fully saturated rings. The summed E-state index contributed by atoms with van der Waals surface area (Å²) in [7, 11) is 2.98. The van der Waals surface area contributed by atoms with Crippen LogP contribution in [0.25, 0.3) is 22.2 Å². The summed E-state index contributed by atoms with van der Waals surface area (Å²) in [6, 6.07) is 19.5. The molecular formula is C28H25N5O3S. The van der Waals surface area contributed by atoms with Crippen molar-refractivity contribution in [2.24, 2.45) is 7.05 Å². The molecule has 186 valence electrons. The second-order valence-corrected chi connectivity index (χ2v) is 9.38. The molecule has 3 N–H and O–H groups in total. The molecule has 0 unspecified atom stereocenters. The Morgan fingerprint density at radius 1 is 1.16 bits per heavy atom. The van der Waals surface area contributed by atoms with Gasteiger partial charge in [0, 0.05) is 25.0 Å². The first-order valence-corrected chi connectivity index (χ1v) is 12.5. The van der Waals surface area contributed by atoms with Gasteiger partial charge in [0.15, 0.2) is 5.69 Å². The van der Waals surface area contributed by atoms with E-state index in [-0.39, 0.29) is 18.0 Å². The molecule has 37 heavy (non-hydrogen) atoms. The number of benzene rings is 2. The summed E-state index contributed by atoms with van der Waals surface area (Å²) in [5, 5.41) is 29.7. The molecule has 9 heteroatoms. The fourth-order valence-corrected chi connectivity index (χ4v) is 5.22. The number of aromatic nitrogens is 2. The first-order valence-electron chi connectivity index (χ1n) is 11.6. The van der Waals surface area contributed by atoms with Crippen molar-refractivity contribution in [1.29, 1.82) is 10.5 Å². The van der Waals surface area contributed by atoms with Crippen LogP contribution in [0.5, 0.6) is 0 Å². The number of carbonyl (C=O) groups is 1. The average Bonchev–Trinajstić information content (AvgIpc) is 3.18. The number of carbonyl (C=O) groups excluding carboxylic acids is 1. The van der Waals surface area contributed by atoms with Gasteiger partial charge in [-0.2, -0.15) is 10.5 Å². The predicted molar refractivity (Wildman–Crippen MR) is 143 cm³/mol. The number of esters is 1. The van der Waals surface area contributed by atoms with Gasteiger partial charge in [0.05, 0.1) is 35.4 Å². The van der Waals surface area contributed by atoms with Gasteiger partial charge in [-0.05, 0) is 41.7 Å². The zero-order valence-corrected chi connectivity index (χ0v) is 21.3. The number of thioether (sulfide) groups is 1. The van der Waals surface area contributed by atoms with Gasteiger partial charge in [0.25, 0.3) is 0 Å². The van der Waals surface area contributed by atoms with Crippen LogP contribution in [0.4, 0.5) is 5.69 Å². The number of nitrogen functional groups attached to an aromatic ring is 1. The molecule has 4 aromatic rings. The van der Waals surface area contributed by atoms with Crippen LogP contribution in [-0.4, -0.2) is 34.3 Å². The Bertz CT molecular complexity index is 1560. The summed E-state index contributed by atoms with van der Waals surface area (Å²) in [6.07, 6.45) is 1.39. The highest BCUT2D eigenvalue weighted by molar-refractivity contribution is 7.98. The van der Waals surface area contributed by atoms with Gasteiger partial charge in [-0.15, -0.1) is 11.8 Å². The lowest BCUT2D eigenvalue weighted by Gasteiger charge is -2.13. The van der Waals surface area contributed by atoms with Gasteiger partial charge in [-0.3, -0.25) is 0 Å². The number of nitriles is 2. The number of anilines is 1. The van der Waals surface area contributed by atoms with Crippen LogP contribution >= 0.6 is 11.8 Å². The third kappa shape index (κ3) is 5.01. The van der Waals surface area contributed by atoms with Gasteiger partial charge in [-0.25, -0.2) is 9.78 Å². The molecule has 0 saturated heterocycles. The van der Waals surface area contributed by atoms with Crippen LogP contribution in [-0.2, 0) is 24.0 Å². The minimum atomic E-state index is -0.593. The van der Waals surface area contributed by atoms with Crippen LogP contribution in [0.15, 0.2) is 53.6 Å². The fourth-order valence-electron chi connectivity index (χ4n) is 4.30. The molecule has 4 rings (SSSR count). The predicted octanol–water partition coefficient (Wildman–Crippen LogP) is 4.57. The lowest BCUT2D eigenvalue weighted by Crippen LogP contribution is -2.10. The number of methoxy groups -OCH3 is 1. The molecule has 0 aliphatic heterocycles. The molecule has 0 radical (unpaired) electrons. The van der Waals surface area contributed by atoms with Crippen LogP contribution in [0.2, 0.25) is 0 Å². The largest absolute Gasteiger partial charge is 0.464 e. The van der Waals surface area contributed by atoms with Crippen LogP contribution in [0.3, 0.4) is 0 Å². The van der Waals surface area contributed by atoms with E-state index in [4.69, 9.17) is 20.6 Å². The molecule has 0 bridgehead atoms. The Hall–Kier alpha value is -4.31. The van der Waals surface area contributed by atoms with Crippen LogP contribution in [0, 0.1) is 22.7 Å². The molecule has 0 aliphatic carbocycles. The van der Waals surface area contributed by atoms with E-state index in [0.29, 0.717) is 44.9 Å². The Labute approximate surface area is 218 Å². The van der Waals surface area contributed by atoms with Crippen molar-refractivity contribution >= 4 is 34.5 Å². The van der Waals surface area contributed by atoms with Crippen LogP contribution < -0.4 is 5.73 Å². The summed E-state index contributed by atoms with van der Waals surface area (Å²) in [5.74, 6) is -0.101. The maximum atomic E-state index is 12.6. The third-order valence-corrected chi connectivity index (χ3v) is 7.16. The van der Waals surface area contributed by atoms with Gasteiger partial charge in [0.2, 0.25) is 0 Å². The molecule has 2 aromatic carbocycles. The SMILES string of the molecule is COC(=O)c1c(N)c2c(-c3ccc(CCCO)cc3)c(C#N)c(SCc3cccc(C#N)c3)nc2n1C. The minimum Gasteiger partial charge on any atom is -0.464 e. The normalized spacial score (nSPS) is 10.7. The van der Waals surface area contributed by atoms with Crippen LogP contribution in [0.1, 0.15) is 39.2 Å². The highest BCUT2D eigenvalue weighted by Crippen LogP contribution is 2.42. The number of ether oxygens (including phenoxy) is 1. The highest BCUT2D eigenvalue weighted by atomic mass is 32.2. The summed E-state index contributed by atoms with van der Waals surface area (Å²) >= 11 is 1.38. The Kier molecular flexibility index (Phi) is 7.78. The number of rotatable bonds is 8. The molecule has 0 amide bonds. The minimum absolute atomic E-state index is 0.111. The maximum absolute atomic E-state index is 12.6. The van der Waals surface area contributed by atoms with Crippen molar-refractivity contribution in [2.75, 3.05) is 19.5 Å². The van der Waals surface area contributed by atoms with E-state index < -0.39 is 5.97 Å². The third-order valence-electron chi connectivity index (χ3n) is 6.11. The Morgan fingerprint density at radius 2 is 1.92 bits per heavy atom. The molecule has 0 saturated carbocycles. The quantitative estimate of drug-likeness (QED) is 0.259. The molecule has 0 spiro atoms. The van der Waals surface area contributed by atoms with Gasteiger partial charge in [0.1, 0.15) is 16.7 Å². The summed E-state index contributed by atoms with van der Waals surface area (Å²) < 4.78 is 6.55. The first kappa shape index (κ1) is 25.8. The van der Waals surface area contributed by atoms with E-state index in [1.54, 1.807) is 23.7 Å². The molecule has 0 atom stereocenters. The number of hydrogen-bond acceptors (Lipinski definition) is 8. The number of nitrogens with zero attached hydrogens (tertiary/aromatic N) is 4. The molecule has 2 heterocycles. The van der Waals surface area contributed by atoms with E-state index in [0.717, 1.165) is 23.1 Å². The monoisotopic (exact) mass is 511 g/mol. The average molecular weight is 512 g/mol. The molecule has 0 aliphatic rings. The summed E-state index contributed by atoms with van der Waals surface area (Å²) in [4.78, 5) is 17.3. The van der Waals surface area contributed by atoms with E-state index in [2.05, 4.69) is 12.1 Å². The maximum Gasteiger partial charge on any atom is 0.356 e. The number of pyridine rings is 1. The van der Waals surface area contributed by atoms with Crippen molar-refractivity contribution < 1.29 is 14.6 Å². The topological polar surface area (TPSA) is 138 Å². The summed E-state index contributed by atoms with van der Waals surface area (Å²) in [5.41, 5.74) is 11.6. The highest BCUT2D eigenvalue weighted by Gasteiger charge is 2.27. The number of fused-ring (bicyclic) bond motifs is 1. The molecule has 8 nitrogen and oxygen atoms in total. The van der Waals surface area contributed by atoms with Crippen molar-refractivity contribution in [3.8, 4) is 23.3 Å². The van der Waals surface area contributed by atoms with Crippen molar-refractivity contribution in [3.05, 3.63) is 76.5 Å². The zero-order valence-electron chi connectivity index (χ0n) is 20.5. The number of aryl methyl sites for hydroxylation is 2. The van der Waals surface area contributed by atoms with E-state index in [1.807, 2.05) is 36.4 Å². The fraction of sp³-hybridized carbons (Fsp3) is 0.214. The number of hydrogen-bond donors (Lipinski definition) is 2. The second-order valence-electron chi connectivity index (χ2n) is 8.42. The zero-order chi connectivity index (χ0) is 26.5. The summed E-state index contributed by atoms with van der Waals surface area (Å²) in [6.45, 7) is 0.111. The van der Waals surface area contributed by atoms with Crippen molar-refractivity contribution in [3.63, 3.8) is 0 Å². The van der Waals surface area contributed by atoms with E-state index in [1.165, 1.54) is 18.9 Å². The standard InChI is InChI=1S/C28H25N5O3S/c1-33-25(28(35)36-2)24(31)23-22(20-10-8-17(9-11-20)7-4-12-34)21(15-30)27(32-26(23)33)37-16-19-6-3-5-18(13-19)14-29/h3,5-6,8-11,13,34H,4,7,12,16,31H2,1-2H3. The van der Waals surface area contributed by atoms with Gasteiger partial charge in [-0.1, -0.05) is 36.4 Å². The van der Waals surface area contributed by atoms with E-state index in [9.17, 15) is 15.3 Å². The Morgan fingerprint density at radius 3 is 2.57 bits per heavy atom. The van der Waals surface area contributed by atoms with Crippen molar-refractivity contribution in [1.82, 2.24) is 9.55 Å². The smallest absolute Gasteiger partial charge is 0.356 e. The lowest BCUT2D eigenvalue weighted by atomic mass is 9.96. The lowest BCUT2D eigenvalue weighted by molar-refractivity contribution is 0.0591. The molecule has 2 aromatic heterocycles. The number of nitrogens with two attached hydrogens (primary N) is 1.